The van der Waals surface area contributed by atoms with E-state index in [1.54, 1.807) is 0 Å². The third kappa shape index (κ3) is 10.1. The lowest BCUT2D eigenvalue weighted by Gasteiger charge is -2.35. The van der Waals surface area contributed by atoms with Crippen LogP contribution < -0.4 is 9.62 Å². The van der Waals surface area contributed by atoms with Crippen LogP contribution in [0.25, 0.3) is 0 Å². The van der Waals surface area contributed by atoms with Gasteiger partial charge in [0.15, 0.2) is 5.75 Å². The summed E-state index contributed by atoms with van der Waals surface area (Å²) in [6.45, 7) is 23.9. The first-order chi connectivity index (χ1) is 18.5. The van der Waals surface area contributed by atoms with E-state index in [0.717, 1.165) is 44.3 Å². The molecule has 0 heterocycles. The Labute approximate surface area is 245 Å². The van der Waals surface area contributed by atoms with Crippen molar-refractivity contribution in [2.24, 2.45) is 10.8 Å². The minimum absolute atomic E-state index is 0.0916. The van der Waals surface area contributed by atoms with Crippen molar-refractivity contribution in [2.45, 2.75) is 131 Å². The Bertz CT molecular complexity index is 1030. The number of rotatable bonds is 12. The molecule has 0 saturated heterocycles. The Morgan fingerprint density at radius 3 is 1.48 bits per heavy atom. The Hall–Kier alpha value is -2.04. The summed E-state index contributed by atoms with van der Waals surface area (Å²) in [5.74, 6) is 0.838. The molecule has 0 unspecified atom stereocenters. The second kappa shape index (κ2) is 12.9. The predicted octanol–water partition coefficient (Wildman–Crippen LogP) is 10.2. The van der Waals surface area contributed by atoms with Gasteiger partial charge in [0.1, 0.15) is 12.4 Å². The van der Waals surface area contributed by atoms with Gasteiger partial charge in [-0.2, -0.15) is 4.89 Å². The van der Waals surface area contributed by atoms with Crippen LogP contribution in [0.2, 0.25) is 0 Å². The normalized spacial score (nSPS) is 16.6. The number of ether oxygens (including phenoxy) is 2. The molecule has 1 aliphatic carbocycles. The van der Waals surface area contributed by atoms with Crippen LogP contribution in [0.1, 0.15) is 125 Å². The maximum Gasteiger partial charge on any atom is 0.213 e. The van der Waals surface area contributed by atoms with Crippen LogP contribution in [0.3, 0.4) is 0 Å². The van der Waals surface area contributed by atoms with Crippen LogP contribution in [0, 0.1) is 10.8 Å². The zero-order chi connectivity index (χ0) is 29.7. The molecule has 40 heavy (non-hydrogen) atoms. The van der Waals surface area contributed by atoms with Crippen molar-refractivity contribution in [1.82, 2.24) is 0 Å². The van der Waals surface area contributed by atoms with E-state index in [9.17, 15) is 0 Å². The van der Waals surface area contributed by atoms with Gasteiger partial charge in [-0.3, -0.25) is 0 Å². The third-order valence-electron chi connectivity index (χ3n) is 7.84. The predicted molar refractivity (Wildman–Crippen MR) is 166 cm³/mol. The molecule has 2 aromatic carbocycles. The molecule has 0 N–H and O–H groups in total. The van der Waals surface area contributed by atoms with E-state index in [-0.39, 0.29) is 21.7 Å². The molecule has 2 aromatic rings. The highest BCUT2D eigenvalue weighted by Crippen LogP contribution is 2.38. The second-order valence-corrected chi connectivity index (χ2v) is 15.6. The largest absolute Gasteiger partial charge is 0.491 e. The van der Waals surface area contributed by atoms with Gasteiger partial charge in [-0.25, -0.2) is 0 Å². The number of hydrogen-bond acceptors (Lipinski definition) is 4. The van der Waals surface area contributed by atoms with Crippen molar-refractivity contribution in [3.05, 3.63) is 59.7 Å². The quantitative estimate of drug-likeness (QED) is 0.114. The molecule has 0 aromatic heterocycles. The van der Waals surface area contributed by atoms with E-state index in [2.05, 4.69) is 106 Å². The Balaban J connectivity index is 1.52. The molecule has 0 amide bonds. The highest BCUT2D eigenvalue weighted by atomic mass is 17.2. The van der Waals surface area contributed by atoms with Gasteiger partial charge in [-0.05, 0) is 82.7 Å². The molecule has 0 aliphatic heterocycles. The minimum Gasteiger partial charge on any atom is -0.491 e. The molecule has 4 nitrogen and oxygen atoms in total. The van der Waals surface area contributed by atoms with Crippen LogP contribution in [-0.2, 0) is 20.5 Å². The summed E-state index contributed by atoms with van der Waals surface area (Å²) in [7, 11) is 0. The zero-order valence-corrected chi connectivity index (χ0v) is 27.1. The van der Waals surface area contributed by atoms with E-state index in [1.807, 2.05) is 12.1 Å². The summed E-state index contributed by atoms with van der Waals surface area (Å²) < 4.78 is 12.3. The van der Waals surface area contributed by atoms with Crippen LogP contribution in [-0.4, -0.2) is 19.0 Å². The summed E-state index contributed by atoms with van der Waals surface area (Å²) in [5, 5.41) is 0. The Kier molecular flexibility index (Phi) is 10.4. The van der Waals surface area contributed by atoms with Crippen molar-refractivity contribution in [1.29, 1.82) is 0 Å². The maximum atomic E-state index is 6.31. The molecule has 0 atom stereocenters. The van der Waals surface area contributed by atoms with Gasteiger partial charge >= 0.3 is 0 Å². The molecule has 4 heteroatoms. The van der Waals surface area contributed by atoms with Crippen LogP contribution in [0.15, 0.2) is 48.5 Å². The lowest BCUT2D eigenvalue weighted by Crippen LogP contribution is -2.40. The van der Waals surface area contributed by atoms with Gasteiger partial charge in [-0.1, -0.05) is 99.9 Å². The molecule has 0 radical (unpaired) electrons. The molecule has 1 aliphatic rings. The van der Waals surface area contributed by atoms with Crippen LogP contribution in [0.4, 0.5) is 0 Å². The van der Waals surface area contributed by atoms with E-state index >= 15 is 0 Å². The highest BCUT2D eigenvalue weighted by Gasteiger charge is 2.37. The van der Waals surface area contributed by atoms with Crippen LogP contribution in [0.5, 0.6) is 11.5 Å². The van der Waals surface area contributed by atoms with Crippen molar-refractivity contribution in [3.8, 4) is 11.5 Å². The molecule has 0 spiro atoms. The molecule has 224 valence electrons. The summed E-state index contributed by atoms with van der Waals surface area (Å²) >= 11 is 0. The fourth-order valence-electron chi connectivity index (χ4n) is 6.67. The maximum absolute atomic E-state index is 6.31. The number of hydrogen-bond donors (Lipinski definition) is 0. The van der Waals surface area contributed by atoms with E-state index < -0.39 is 5.79 Å². The average molecular weight is 553 g/mol. The van der Waals surface area contributed by atoms with Gasteiger partial charge < -0.3 is 14.4 Å². The summed E-state index contributed by atoms with van der Waals surface area (Å²) in [4.78, 5) is 11.9. The second-order valence-electron chi connectivity index (χ2n) is 15.6. The fraction of sp³-hybridized carbons (Fsp3) is 0.667. The van der Waals surface area contributed by atoms with E-state index in [4.69, 9.17) is 19.2 Å². The summed E-state index contributed by atoms with van der Waals surface area (Å²) in [5.41, 5.74) is 3.40. The SMILES string of the molecule is CC(C)(C)CC(C)(C)c1ccc(OCCOC2(OOc3ccc(C(C)(C)CC(C)(C)C)cc3)CCCCC2)cc1. The Morgan fingerprint density at radius 2 is 1.02 bits per heavy atom. The van der Waals surface area contributed by atoms with Gasteiger partial charge in [0.25, 0.3) is 0 Å². The molecular weight excluding hydrogens is 496 g/mol. The van der Waals surface area contributed by atoms with Gasteiger partial charge in [0.2, 0.25) is 5.79 Å². The lowest BCUT2D eigenvalue weighted by molar-refractivity contribution is -0.389. The minimum atomic E-state index is -0.730. The first kappa shape index (κ1) is 32.5. The van der Waals surface area contributed by atoms with Crippen LogP contribution >= 0.6 is 0 Å². The standard InChI is InChI=1S/C36H56O4/c1-32(2,3)26-34(7,8)28-14-18-30(19-15-28)37-24-25-38-36(22-12-11-13-23-36)40-39-31-20-16-29(17-21-31)35(9,10)27-33(4,5)6/h14-21H,11-13,22-27H2,1-10H3. The zero-order valence-electron chi connectivity index (χ0n) is 27.1. The van der Waals surface area contributed by atoms with Crippen molar-refractivity contribution >= 4 is 0 Å². The van der Waals surface area contributed by atoms with Crippen molar-refractivity contribution < 1.29 is 19.2 Å². The highest BCUT2D eigenvalue weighted by molar-refractivity contribution is 5.32. The monoisotopic (exact) mass is 552 g/mol. The first-order valence-electron chi connectivity index (χ1n) is 15.3. The molecule has 1 saturated carbocycles. The fourth-order valence-corrected chi connectivity index (χ4v) is 6.67. The number of benzene rings is 2. The average Bonchev–Trinajstić information content (AvgIpc) is 2.84. The third-order valence-corrected chi connectivity index (χ3v) is 7.84. The smallest absolute Gasteiger partial charge is 0.213 e. The summed E-state index contributed by atoms with van der Waals surface area (Å²) in [6.07, 6.45) is 7.20. The first-order valence-corrected chi connectivity index (χ1v) is 15.3. The Morgan fingerprint density at radius 1 is 0.575 bits per heavy atom. The molecule has 1 fully saturated rings. The molecule has 3 rings (SSSR count). The summed E-state index contributed by atoms with van der Waals surface area (Å²) in [6, 6.07) is 16.8. The van der Waals surface area contributed by atoms with E-state index in [1.165, 1.54) is 17.5 Å². The molecular formula is C36H56O4. The lowest BCUT2D eigenvalue weighted by atomic mass is 9.72. The van der Waals surface area contributed by atoms with Gasteiger partial charge in [0, 0.05) is 12.8 Å². The topological polar surface area (TPSA) is 36.9 Å². The van der Waals surface area contributed by atoms with Crippen molar-refractivity contribution in [3.63, 3.8) is 0 Å². The van der Waals surface area contributed by atoms with Crippen molar-refractivity contribution in [2.75, 3.05) is 13.2 Å². The molecule has 0 bridgehead atoms. The van der Waals surface area contributed by atoms with Gasteiger partial charge in [-0.15, -0.1) is 0 Å². The van der Waals surface area contributed by atoms with E-state index in [0.29, 0.717) is 19.0 Å². The van der Waals surface area contributed by atoms with Gasteiger partial charge in [0.05, 0.1) is 6.61 Å².